The van der Waals surface area contributed by atoms with Crippen LogP contribution in [0, 0.1) is 5.41 Å². The molecule has 22 heavy (non-hydrogen) atoms. The summed E-state index contributed by atoms with van der Waals surface area (Å²) in [6, 6.07) is 0.300. The van der Waals surface area contributed by atoms with Gasteiger partial charge in [0, 0.05) is 42.6 Å². The summed E-state index contributed by atoms with van der Waals surface area (Å²) in [5, 5.41) is 0. The molecule has 2 fully saturated rings. The third-order valence-corrected chi connectivity index (χ3v) is 5.54. The number of aromatic nitrogens is 2. The minimum Gasteiger partial charge on any atom is -0.341 e. The smallest absolute Gasteiger partial charge is 0.225 e. The zero-order valence-electron chi connectivity index (χ0n) is 13.9. The number of piperidine rings is 1. The van der Waals surface area contributed by atoms with E-state index in [2.05, 4.69) is 28.7 Å². The van der Waals surface area contributed by atoms with Crippen molar-refractivity contribution in [1.29, 1.82) is 0 Å². The number of hydrogen-bond acceptors (Lipinski definition) is 5. The Balaban J connectivity index is 1.68. The normalized spacial score (nSPS) is 32.0. The molecule has 4 N–H and O–H groups in total. The van der Waals surface area contributed by atoms with Crippen molar-refractivity contribution in [2.24, 2.45) is 16.9 Å². The lowest BCUT2D eigenvalue weighted by atomic mass is 9.77. The summed E-state index contributed by atoms with van der Waals surface area (Å²) in [5.74, 6) is 0.843. The van der Waals surface area contributed by atoms with Crippen LogP contribution in [0.2, 0.25) is 0 Å². The zero-order valence-corrected chi connectivity index (χ0v) is 13.9. The first-order valence-corrected chi connectivity index (χ1v) is 8.50. The van der Waals surface area contributed by atoms with Gasteiger partial charge >= 0.3 is 0 Å². The Labute approximate surface area is 133 Å². The summed E-state index contributed by atoms with van der Waals surface area (Å²) in [7, 11) is 0. The fourth-order valence-corrected chi connectivity index (χ4v) is 3.50. The topological polar surface area (TPSA) is 81.1 Å². The number of nitrogens with two attached hydrogens (primary N) is 2. The predicted molar refractivity (Wildman–Crippen MR) is 89.6 cm³/mol. The first kappa shape index (κ1) is 15.7. The third kappa shape index (κ3) is 3.25. The highest BCUT2D eigenvalue weighted by Gasteiger charge is 2.33. The lowest BCUT2D eigenvalue weighted by molar-refractivity contribution is 0.274. The summed E-state index contributed by atoms with van der Waals surface area (Å²) in [4.78, 5) is 11.5. The van der Waals surface area contributed by atoms with Crippen LogP contribution >= 0.6 is 0 Å². The van der Waals surface area contributed by atoms with Gasteiger partial charge in [0.15, 0.2) is 0 Å². The van der Waals surface area contributed by atoms with Crippen molar-refractivity contribution in [3.8, 4) is 0 Å². The number of hydrogen-bond donors (Lipinski definition) is 2. The quantitative estimate of drug-likeness (QED) is 0.875. The summed E-state index contributed by atoms with van der Waals surface area (Å²) < 4.78 is 0. The SMILES string of the molecule is CC1(C)CCN(c2ncc(C3(N)CCC(N)CC3)cn2)CC1. The van der Waals surface area contributed by atoms with Crippen molar-refractivity contribution in [1.82, 2.24) is 9.97 Å². The molecule has 3 rings (SSSR count). The van der Waals surface area contributed by atoms with Gasteiger partial charge in [0.2, 0.25) is 5.95 Å². The maximum atomic E-state index is 6.56. The molecule has 0 unspecified atom stereocenters. The summed E-state index contributed by atoms with van der Waals surface area (Å²) >= 11 is 0. The molecule has 1 aliphatic heterocycles. The standard InChI is InChI=1S/C17H29N5/c1-16(2)7-9-22(10-8-16)15-20-11-13(12-21-15)17(19)5-3-14(18)4-6-17/h11-12,14H,3-10,18-19H2,1-2H3. The summed E-state index contributed by atoms with van der Waals surface area (Å²) in [6.07, 6.45) is 10.1. The van der Waals surface area contributed by atoms with E-state index in [-0.39, 0.29) is 5.54 Å². The molecular weight excluding hydrogens is 274 g/mol. The molecule has 5 nitrogen and oxygen atoms in total. The second-order valence-electron chi connectivity index (χ2n) is 7.92. The minimum absolute atomic E-state index is 0.293. The predicted octanol–water partition coefficient (Wildman–Crippen LogP) is 2.16. The van der Waals surface area contributed by atoms with E-state index in [0.717, 1.165) is 50.3 Å². The Kier molecular flexibility index (Phi) is 4.12. The molecule has 5 heteroatoms. The van der Waals surface area contributed by atoms with Crippen LogP contribution in [0.5, 0.6) is 0 Å². The maximum Gasteiger partial charge on any atom is 0.225 e. The maximum absolute atomic E-state index is 6.56. The van der Waals surface area contributed by atoms with Crippen molar-refractivity contribution in [2.45, 2.75) is 64.0 Å². The average molecular weight is 303 g/mol. The first-order chi connectivity index (χ1) is 10.4. The van der Waals surface area contributed by atoms with E-state index in [0.29, 0.717) is 11.5 Å². The van der Waals surface area contributed by atoms with E-state index in [1.807, 2.05) is 12.4 Å². The van der Waals surface area contributed by atoms with Crippen LogP contribution in [0.3, 0.4) is 0 Å². The van der Waals surface area contributed by atoms with Crippen molar-refractivity contribution < 1.29 is 0 Å². The van der Waals surface area contributed by atoms with E-state index in [1.54, 1.807) is 0 Å². The molecule has 2 aliphatic rings. The fraction of sp³-hybridized carbons (Fsp3) is 0.765. The lowest BCUT2D eigenvalue weighted by Crippen LogP contribution is -2.44. The Morgan fingerprint density at radius 2 is 1.59 bits per heavy atom. The molecule has 0 aromatic carbocycles. The lowest BCUT2D eigenvalue weighted by Gasteiger charge is -2.38. The summed E-state index contributed by atoms with van der Waals surface area (Å²) in [5.41, 5.74) is 13.7. The molecule has 0 amide bonds. The van der Waals surface area contributed by atoms with E-state index in [1.165, 1.54) is 12.8 Å². The van der Waals surface area contributed by atoms with Gasteiger partial charge in [-0.05, 0) is 43.9 Å². The fourth-order valence-electron chi connectivity index (χ4n) is 3.50. The highest BCUT2D eigenvalue weighted by Crippen LogP contribution is 2.35. The van der Waals surface area contributed by atoms with Crippen LogP contribution in [-0.4, -0.2) is 29.1 Å². The van der Waals surface area contributed by atoms with Crippen LogP contribution in [0.15, 0.2) is 12.4 Å². The average Bonchev–Trinajstić information content (AvgIpc) is 2.51. The van der Waals surface area contributed by atoms with Crippen molar-refractivity contribution in [2.75, 3.05) is 18.0 Å². The van der Waals surface area contributed by atoms with E-state index >= 15 is 0 Å². The van der Waals surface area contributed by atoms with Gasteiger partial charge in [-0.1, -0.05) is 13.8 Å². The molecule has 1 aromatic rings. The van der Waals surface area contributed by atoms with Crippen molar-refractivity contribution in [3.05, 3.63) is 18.0 Å². The highest BCUT2D eigenvalue weighted by atomic mass is 15.2. The third-order valence-electron chi connectivity index (χ3n) is 5.54. The van der Waals surface area contributed by atoms with Crippen LogP contribution in [-0.2, 0) is 5.54 Å². The molecule has 0 spiro atoms. The molecule has 1 aliphatic carbocycles. The molecule has 0 bridgehead atoms. The molecule has 1 aromatic heterocycles. The van der Waals surface area contributed by atoms with Crippen molar-refractivity contribution in [3.63, 3.8) is 0 Å². The molecule has 0 atom stereocenters. The Hall–Kier alpha value is -1.20. The van der Waals surface area contributed by atoms with Crippen LogP contribution in [0.1, 0.15) is 57.9 Å². The Morgan fingerprint density at radius 3 is 2.14 bits per heavy atom. The van der Waals surface area contributed by atoms with Gasteiger partial charge in [-0.15, -0.1) is 0 Å². The van der Waals surface area contributed by atoms with Gasteiger partial charge in [0.1, 0.15) is 0 Å². The molecular formula is C17H29N5. The molecule has 122 valence electrons. The zero-order chi connectivity index (χ0) is 15.8. The van der Waals surface area contributed by atoms with Crippen molar-refractivity contribution >= 4 is 5.95 Å². The number of anilines is 1. The summed E-state index contributed by atoms with van der Waals surface area (Å²) in [6.45, 7) is 6.74. The molecule has 2 heterocycles. The van der Waals surface area contributed by atoms with Gasteiger partial charge in [0.25, 0.3) is 0 Å². The van der Waals surface area contributed by atoms with Gasteiger partial charge < -0.3 is 16.4 Å². The Morgan fingerprint density at radius 1 is 1.05 bits per heavy atom. The second kappa shape index (κ2) is 5.78. The van der Waals surface area contributed by atoms with Crippen LogP contribution in [0.25, 0.3) is 0 Å². The highest BCUT2D eigenvalue weighted by molar-refractivity contribution is 5.32. The second-order valence-corrected chi connectivity index (χ2v) is 7.92. The van der Waals surface area contributed by atoms with E-state index in [4.69, 9.17) is 11.5 Å². The largest absolute Gasteiger partial charge is 0.341 e. The van der Waals surface area contributed by atoms with Gasteiger partial charge in [-0.2, -0.15) is 0 Å². The van der Waals surface area contributed by atoms with E-state index in [9.17, 15) is 0 Å². The van der Waals surface area contributed by atoms with Crippen LogP contribution in [0.4, 0.5) is 5.95 Å². The molecule has 1 saturated carbocycles. The van der Waals surface area contributed by atoms with Gasteiger partial charge in [0.05, 0.1) is 0 Å². The first-order valence-electron chi connectivity index (χ1n) is 8.50. The number of nitrogens with zero attached hydrogens (tertiary/aromatic N) is 3. The Bertz CT molecular complexity index is 492. The molecule has 1 saturated heterocycles. The van der Waals surface area contributed by atoms with Gasteiger partial charge in [-0.3, -0.25) is 0 Å². The van der Waals surface area contributed by atoms with E-state index < -0.39 is 0 Å². The van der Waals surface area contributed by atoms with Crippen LogP contribution < -0.4 is 16.4 Å². The molecule has 0 radical (unpaired) electrons. The number of rotatable bonds is 2. The van der Waals surface area contributed by atoms with Gasteiger partial charge in [-0.25, -0.2) is 9.97 Å². The minimum atomic E-state index is -0.293. The monoisotopic (exact) mass is 303 g/mol.